The molecule has 0 radical (unpaired) electrons. The molecule has 22 heavy (non-hydrogen) atoms. The zero-order valence-electron chi connectivity index (χ0n) is 12.9. The Morgan fingerprint density at radius 1 is 1.18 bits per heavy atom. The molecule has 0 aliphatic rings. The second kappa shape index (κ2) is 5.64. The molecule has 0 atom stereocenters. The van der Waals surface area contributed by atoms with Crippen LogP contribution in [0.1, 0.15) is 41.6 Å². The lowest BCUT2D eigenvalue weighted by molar-refractivity contribution is 0.102. The molecule has 1 heterocycles. The molecule has 0 aliphatic carbocycles. The van der Waals surface area contributed by atoms with Gasteiger partial charge in [0.25, 0.3) is 5.91 Å². The molecule has 0 spiro atoms. The maximum atomic E-state index is 12.3. The molecule has 0 unspecified atom stereocenters. The van der Waals surface area contributed by atoms with Crippen LogP contribution in [0.25, 0.3) is 11.1 Å². The van der Waals surface area contributed by atoms with Gasteiger partial charge in [-0.2, -0.15) is 0 Å². The highest BCUT2D eigenvalue weighted by atomic mass is 16.3. The van der Waals surface area contributed by atoms with E-state index < -0.39 is 0 Å². The number of benzene rings is 2. The van der Waals surface area contributed by atoms with Gasteiger partial charge in [-0.1, -0.05) is 32.0 Å². The van der Waals surface area contributed by atoms with E-state index in [4.69, 9.17) is 4.42 Å². The Kier molecular flexibility index (Phi) is 3.67. The summed E-state index contributed by atoms with van der Waals surface area (Å²) in [6, 6.07) is 13.0. The van der Waals surface area contributed by atoms with Crippen LogP contribution in [0, 0.1) is 6.92 Å². The smallest absolute Gasteiger partial charge is 0.255 e. The number of aryl methyl sites for hydroxylation is 1. The van der Waals surface area contributed by atoms with Gasteiger partial charge in [0, 0.05) is 23.2 Å². The maximum Gasteiger partial charge on any atom is 0.255 e. The summed E-state index contributed by atoms with van der Waals surface area (Å²) in [6.07, 6.45) is 0. The summed E-state index contributed by atoms with van der Waals surface area (Å²) in [5.41, 5.74) is 3.81. The van der Waals surface area contributed by atoms with E-state index in [9.17, 15) is 4.79 Å². The molecule has 4 nitrogen and oxygen atoms in total. The van der Waals surface area contributed by atoms with E-state index >= 15 is 0 Å². The highest BCUT2D eigenvalue weighted by Gasteiger charge is 2.12. The highest BCUT2D eigenvalue weighted by Crippen LogP contribution is 2.24. The summed E-state index contributed by atoms with van der Waals surface area (Å²) in [5.74, 6) is 0.816. The third-order valence-corrected chi connectivity index (χ3v) is 3.55. The van der Waals surface area contributed by atoms with Crippen molar-refractivity contribution in [3.05, 3.63) is 59.5 Å². The molecule has 0 fully saturated rings. The molecule has 0 bridgehead atoms. The monoisotopic (exact) mass is 294 g/mol. The molecule has 4 heteroatoms. The number of carbonyl (C=O) groups excluding carboxylic acids is 1. The van der Waals surface area contributed by atoms with E-state index in [1.807, 2.05) is 63.2 Å². The average Bonchev–Trinajstić information content (AvgIpc) is 2.91. The number of amides is 1. The summed E-state index contributed by atoms with van der Waals surface area (Å²) < 4.78 is 5.72. The van der Waals surface area contributed by atoms with E-state index in [0.717, 1.165) is 11.1 Å². The van der Waals surface area contributed by atoms with Crippen LogP contribution in [0.3, 0.4) is 0 Å². The molecular formula is C18H18N2O2. The van der Waals surface area contributed by atoms with Crippen LogP contribution in [0.5, 0.6) is 0 Å². The van der Waals surface area contributed by atoms with Gasteiger partial charge in [0.1, 0.15) is 5.52 Å². The SMILES string of the molecule is Cc1ccccc1C(=O)Nc1ccc2nc(C(C)C)oc2c1. The van der Waals surface area contributed by atoms with Gasteiger partial charge < -0.3 is 9.73 Å². The molecule has 1 N–H and O–H groups in total. The number of fused-ring (bicyclic) bond motifs is 1. The normalized spacial score (nSPS) is 11.1. The zero-order chi connectivity index (χ0) is 15.7. The van der Waals surface area contributed by atoms with Gasteiger partial charge in [0.05, 0.1) is 0 Å². The number of hydrogen-bond acceptors (Lipinski definition) is 3. The molecule has 1 aromatic heterocycles. The topological polar surface area (TPSA) is 55.1 Å². The summed E-state index contributed by atoms with van der Waals surface area (Å²) >= 11 is 0. The van der Waals surface area contributed by atoms with E-state index in [1.54, 1.807) is 0 Å². The molecular weight excluding hydrogens is 276 g/mol. The van der Waals surface area contributed by atoms with E-state index in [1.165, 1.54) is 0 Å². The van der Waals surface area contributed by atoms with Gasteiger partial charge in [-0.05, 0) is 30.7 Å². The molecule has 112 valence electrons. The Labute approximate surface area is 129 Å². The first-order chi connectivity index (χ1) is 10.5. The van der Waals surface area contributed by atoms with Crippen molar-refractivity contribution in [1.29, 1.82) is 0 Å². The number of nitrogens with zero attached hydrogens (tertiary/aromatic N) is 1. The van der Waals surface area contributed by atoms with Crippen LogP contribution in [0.2, 0.25) is 0 Å². The van der Waals surface area contributed by atoms with Crippen molar-refractivity contribution in [3.8, 4) is 0 Å². The van der Waals surface area contributed by atoms with Gasteiger partial charge in [0.15, 0.2) is 11.5 Å². The molecule has 2 aromatic carbocycles. The van der Waals surface area contributed by atoms with Crippen LogP contribution in [0.4, 0.5) is 5.69 Å². The molecule has 3 aromatic rings. The minimum atomic E-state index is -0.124. The van der Waals surface area contributed by atoms with Crippen LogP contribution in [-0.4, -0.2) is 10.9 Å². The number of oxazole rings is 1. The van der Waals surface area contributed by atoms with Crippen molar-refractivity contribution < 1.29 is 9.21 Å². The van der Waals surface area contributed by atoms with Gasteiger partial charge in [-0.3, -0.25) is 4.79 Å². The second-order valence-corrected chi connectivity index (χ2v) is 5.66. The highest BCUT2D eigenvalue weighted by molar-refractivity contribution is 6.05. The van der Waals surface area contributed by atoms with Crippen molar-refractivity contribution in [2.75, 3.05) is 5.32 Å². The van der Waals surface area contributed by atoms with Crippen molar-refractivity contribution in [3.63, 3.8) is 0 Å². The first kappa shape index (κ1) is 14.3. The quantitative estimate of drug-likeness (QED) is 0.773. The summed E-state index contributed by atoms with van der Waals surface area (Å²) in [6.45, 7) is 5.99. The summed E-state index contributed by atoms with van der Waals surface area (Å²) in [4.78, 5) is 16.8. The lowest BCUT2D eigenvalue weighted by atomic mass is 10.1. The van der Waals surface area contributed by atoms with Crippen molar-refractivity contribution in [1.82, 2.24) is 4.98 Å². The van der Waals surface area contributed by atoms with Gasteiger partial charge >= 0.3 is 0 Å². The molecule has 0 saturated heterocycles. The Balaban J connectivity index is 1.88. The second-order valence-electron chi connectivity index (χ2n) is 5.66. The standard InChI is InChI=1S/C18H18N2O2/c1-11(2)18-20-15-9-8-13(10-16(15)22-18)19-17(21)14-7-5-4-6-12(14)3/h4-11H,1-3H3,(H,19,21). The number of carbonyl (C=O) groups is 1. The van der Waals surface area contributed by atoms with Crippen LogP contribution in [0.15, 0.2) is 46.9 Å². The summed E-state index contributed by atoms with van der Waals surface area (Å²) in [7, 11) is 0. The fourth-order valence-corrected chi connectivity index (χ4v) is 2.29. The third kappa shape index (κ3) is 2.72. The van der Waals surface area contributed by atoms with Gasteiger partial charge in [-0.25, -0.2) is 4.98 Å². The average molecular weight is 294 g/mol. The van der Waals surface area contributed by atoms with Crippen LogP contribution >= 0.6 is 0 Å². The van der Waals surface area contributed by atoms with Gasteiger partial charge in [0.2, 0.25) is 0 Å². The molecule has 3 rings (SSSR count). The Bertz CT molecular complexity index is 834. The van der Waals surface area contributed by atoms with E-state index in [-0.39, 0.29) is 11.8 Å². The number of rotatable bonds is 3. The third-order valence-electron chi connectivity index (χ3n) is 3.55. The first-order valence-electron chi connectivity index (χ1n) is 7.32. The van der Waals surface area contributed by atoms with Crippen molar-refractivity contribution in [2.24, 2.45) is 0 Å². The van der Waals surface area contributed by atoms with Crippen LogP contribution < -0.4 is 5.32 Å². The molecule has 0 saturated carbocycles. The molecule has 1 amide bonds. The minimum absolute atomic E-state index is 0.124. The van der Waals surface area contributed by atoms with Gasteiger partial charge in [-0.15, -0.1) is 0 Å². The lowest BCUT2D eigenvalue weighted by Crippen LogP contribution is -2.13. The van der Waals surface area contributed by atoms with Crippen molar-refractivity contribution in [2.45, 2.75) is 26.7 Å². The predicted molar refractivity (Wildman–Crippen MR) is 87.2 cm³/mol. The predicted octanol–water partition coefficient (Wildman–Crippen LogP) is 4.51. The van der Waals surface area contributed by atoms with E-state index in [0.29, 0.717) is 22.7 Å². The number of anilines is 1. The Hall–Kier alpha value is -2.62. The Morgan fingerprint density at radius 3 is 2.68 bits per heavy atom. The minimum Gasteiger partial charge on any atom is -0.440 e. The van der Waals surface area contributed by atoms with Crippen molar-refractivity contribution >= 4 is 22.7 Å². The fourth-order valence-electron chi connectivity index (χ4n) is 2.29. The first-order valence-corrected chi connectivity index (χ1v) is 7.32. The Morgan fingerprint density at radius 2 is 1.95 bits per heavy atom. The number of nitrogens with one attached hydrogen (secondary N) is 1. The van der Waals surface area contributed by atoms with E-state index in [2.05, 4.69) is 10.3 Å². The fraction of sp³-hybridized carbons (Fsp3) is 0.222. The maximum absolute atomic E-state index is 12.3. The molecule has 0 aliphatic heterocycles. The zero-order valence-corrected chi connectivity index (χ0v) is 12.9. The lowest BCUT2D eigenvalue weighted by Gasteiger charge is -2.07. The largest absolute Gasteiger partial charge is 0.440 e. The number of aromatic nitrogens is 1. The summed E-state index contributed by atoms with van der Waals surface area (Å²) in [5, 5.41) is 2.90. The number of hydrogen-bond donors (Lipinski definition) is 1. The van der Waals surface area contributed by atoms with Crippen LogP contribution in [-0.2, 0) is 0 Å².